The summed E-state index contributed by atoms with van der Waals surface area (Å²) in [5, 5.41) is 0. The molecule has 1 aliphatic heterocycles. The zero-order valence-electron chi connectivity index (χ0n) is 15.2. The number of quaternary nitrogens is 1. The van der Waals surface area contributed by atoms with Gasteiger partial charge in [-0.2, -0.15) is 0 Å². The van der Waals surface area contributed by atoms with Crippen LogP contribution >= 0.6 is 0 Å². The first kappa shape index (κ1) is 18.5. The Kier molecular flexibility index (Phi) is 5.33. The van der Waals surface area contributed by atoms with Crippen LogP contribution in [0.4, 0.5) is 0 Å². The molecule has 1 aliphatic rings. The van der Waals surface area contributed by atoms with Gasteiger partial charge in [0, 0.05) is 12.5 Å². The standard InChI is InChI=1S/C19H28NO4/c1-14(21)23-13-17(15-9-7-6-8-10-15)20(5)12-11-16(20)18(22)24-19(2,3)4/h6-10,16-17H,11-13H2,1-5H3/q+1/t16-,17-,20+/m0/s1. The molecule has 0 amide bonds. The van der Waals surface area contributed by atoms with Crippen LogP contribution in [-0.2, 0) is 19.1 Å². The highest BCUT2D eigenvalue weighted by atomic mass is 16.6. The van der Waals surface area contributed by atoms with Gasteiger partial charge in [0.05, 0.1) is 20.0 Å². The molecule has 0 unspecified atom stereocenters. The number of nitrogens with zero attached hydrogens (tertiary/aromatic N) is 1. The number of carbonyl (C=O) groups is 2. The summed E-state index contributed by atoms with van der Waals surface area (Å²) in [5.41, 5.74) is 0.560. The molecule has 1 heterocycles. The number of hydrogen-bond acceptors (Lipinski definition) is 4. The molecule has 3 atom stereocenters. The van der Waals surface area contributed by atoms with E-state index in [1.807, 2.05) is 58.2 Å². The topological polar surface area (TPSA) is 52.6 Å². The van der Waals surface area contributed by atoms with Crippen molar-refractivity contribution < 1.29 is 23.5 Å². The number of ether oxygens (including phenoxy) is 2. The zero-order valence-corrected chi connectivity index (χ0v) is 15.2. The Bertz CT molecular complexity index is 593. The van der Waals surface area contributed by atoms with Crippen molar-refractivity contribution in [1.29, 1.82) is 0 Å². The van der Waals surface area contributed by atoms with E-state index >= 15 is 0 Å². The average Bonchev–Trinajstić information content (AvgIpc) is 2.44. The Morgan fingerprint density at radius 2 is 1.88 bits per heavy atom. The quantitative estimate of drug-likeness (QED) is 0.614. The maximum Gasteiger partial charge on any atom is 0.365 e. The molecule has 5 nitrogen and oxygen atoms in total. The van der Waals surface area contributed by atoms with E-state index < -0.39 is 5.60 Å². The second kappa shape index (κ2) is 6.93. The highest BCUT2D eigenvalue weighted by molar-refractivity contribution is 5.75. The Hall–Kier alpha value is -1.88. The number of benzene rings is 1. The highest BCUT2D eigenvalue weighted by Gasteiger charge is 2.54. The van der Waals surface area contributed by atoms with E-state index in [-0.39, 0.29) is 30.6 Å². The largest absolute Gasteiger partial charge is 0.459 e. The Morgan fingerprint density at radius 3 is 2.33 bits per heavy atom. The van der Waals surface area contributed by atoms with Gasteiger partial charge in [0.25, 0.3) is 0 Å². The van der Waals surface area contributed by atoms with E-state index in [9.17, 15) is 9.59 Å². The van der Waals surface area contributed by atoms with Crippen molar-refractivity contribution in [2.24, 2.45) is 0 Å². The van der Waals surface area contributed by atoms with Crippen LogP contribution in [0.2, 0.25) is 0 Å². The average molecular weight is 334 g/mol. The van der Waals surface area contributed by atoms with Gasteiger partial charge in [0.2, 0.25) is 0 Å². The normalized spacial score (nSPS) is 24.6. The molecule has 0 aliphatic carbocycles. The lowest BCUT2D eigenvalue weighted by Gasteiger charge is -2.52. The molecule has 0 saturated carbocycles. The summed E-state index contributed by atoms with van der Waals surface area (Å²) in [6, 6.07) is 9.60. The summed E-state index contributed by atoms with van der Waals surface area (Å²) >= 11 is 0. The summed E-state index contributed by atoms with van der Waals surface area (Å²) in [6.07, 6.45) is 0.787. The van der Waals surface area contributed by atoms with Gasteiger partial charge in [-0.05, 0) is 20.8 Å². The van der Waals surface area contributed by atoms with Crippen LogP contribution in [0, 0.1) is 0 Å². The third-order valence-corrected chi connectivity index (χ3v) is 4.62. The molecule has 0 radical (unpaired) electrons. The maximum atomic E-state index is 12.6. The smallest absolute Gasteiger partial charge is 0.365 e. The third-order valence-electron chi connectivity index (χ3n) is 4.62. The molecule has 0 aromatic heterocycles. The first-order valence-electron chi connectivity index (χ1n) is 8.39. The molecule has 0 N–H and O–H groups in total. The molecular formula is C19H28NO4+. The zero-order chi connectivity index (χ0) is 18.0. The Morgan fingerprint density at radius 1 is 1.25 bits per heavy atom. The number of esters is 2. The van der Waals surface area contributed by atoms with Crippen LogP contribution in [-0.4, -0.2) is 48.3 Å². The minimum Gasteiger partial charge on any atom is -0.459 e. The van der Waals surface area contributed by atoms with E-state index in [0.717, 1.165) is 18.5 Å². The van der Waals surface area contributed by atoms with E-state index in [1.165, 1.54) is 6.92 Å². The van der Waals surface area contributed by atoms with Gasteiger partial charge in [-0.25, -0.2) is 4.79 Å². The number of likely N-dealkylation sites (N-methyl/N-ethyl adjacent to an activating group) is 1. The SMILES string of the molecule is CC(=O)OC[C@@H](c1ccccc1)[N@+]1(C)CC[C@H]1C(=O)OC(C)(C)C. The lowest BCUT2D eigenvalue weighted by Crippen LogP contribution is -2.68. The number of carbonyl (C=O) groups excluding carboxylic acids is 2. The fourth-order valence-electron chi connectivity index (χ4n) is 3.25. The predicted octanol–water partition coefficient (Wildman–Crippen LogP) is 2.85. The van der Waals surface area contributed by atoms with Crippen molar-refractivity contribution in [3.05, 3.63) is 35.9 Å². The first-order valence-corrected chi connectivity index (χ1v) is 8.39. The number of likely N-dealkylation sites (tertiary alicyclic amines) is 1. The molecule has 0 bridgehead atoms. The van der Waals surface area contributed by atoms with Crippen LogP contribution in [0.5, 0.6) is 0 Å². The van der Waals surface area contributed by atoms with Crippen molar-refractivity contribution in [2.45, 2.75) is 51.8 Å². The summed E-state index contributed by atoms with van der Waals surface area (Å²) in [7, 11) is 2.04. The number of rotatable bonds is 5. The maximum absolute atomic E-state index is 12.6. The lowest BCUT2D eigenvalue weighted by molar-refractivity contribution is -0.991. The van der Waals surface area contributed by atoms with Crippen molar-refractivity contribution >= 4 is 11.9 Å². The molecule has 1 saturated heterocycles. The summed E-state index contributed by atoms with van der Waals surface area (Å²) in [5.74, 6) is -0.489. The molecule has 0 spiro atoms. The number of hydrogen-bond donors (Lipinski definition) is 0. The van der Waals surface area contributed by atoms with Crippen LogP contribution < -0.4 is 0 Å². The molecule has 5 heteroatoms. The third kappa shape index (κ3) is 4.15. The lowest BCUT2D eigenvalue weighted by atomic mass is 9.91. The van der Waals surface area contributed by atoms with E-state index in [4.69, 9.17) is 9.47 Å². The molecular weight excluding hydrogens is 306 g/mol. The Balaban J connectivity index is 2.24. The fraction of sp³-hybridized carbons (Fsp3) is 0.579. The first-order chi connectivity index (χ1) is 11.1. The predicted molar refractivity (Wildman–Crippen MR) is 91.1 cm³/mol. The van der Waals surface area contributed by atoms with Crippen LogP contribution in [0.25, 0.3) is 0 Å². The molecule has 132 valence electrons. The second-order valence-electron chi connectivity index (χ2n) is 7.64. The van der Waals surface area contributed by atoms with Gasteiger partial charge in [-0.3, -0.25) is 4.79 Å². The van der Waals surface area contributed by atoms with Gasteiger partial charge in [0.1, 0.15) is 18.2 Å². The van der Waals surface area contributed by atoms with E-state index in [1.54, 1.807) is 0 Å². The van der Waals surface area contributed by atoms with Crippen molar-refractivity contribution in [3.8, 4) is 0 Å². The molecule has 24 heavy (non-hydrogen) atoms. The van der Waals surface area contributed by atoms with Crippen molar-refractivity contribution in [3.63, 3.8) is 0 Å². The van der Waals surface area contributed by atoms with Crippen LogP contribution in [0.3, 0.4) is 0 Å². The Labute approximate surface area is 144 Å². The van der Waals surface area contributed by atoms with Crippen LogP contribution in [0.1, 0.15) is 45.7 Å². The summed E-state index contributed by atoms with van der Waals surface area (Å²) < 4.78 is 11.4. The minimum atomic E-state index is -0.504. The fourth-order valence-corrected chi connectivity index (χ4v) is 3.25. The second-order valence-corrected chi connectivity index (χ2v) is 7.64. The molecule has 1 fully saturated rings. The van der Waals surface area contributed by atoms with Gasteiger partial charge < -0.3 is 14.0 Å². The van der Waals surface area contributed by atoms with Gasteiger partial charge in [0.15, 0.2) is 6.04 Å². The minimum absolute atomic E-state index is 0.0821. The molecule has 2 rings (SSSR count). The summed E-state index contributed by atoms with van der Waals surface area (Å²) in [6.45, 7) is 8.15. The van der Waals surface area contributed by atoms with E-state index in [0.29, 0.717) is 4.48 Å². The molecule has 1 aromatic rings. The van der Waals surface area contributed by atoms with Gasteiger partial charge in [-0.1, -0.05) is 30.3 Å². The van der Waals surface area contributed by atoms with Crippen LogP contribution in [0.15, 0.2) is 30.3 Å². The van der Waals surface area contributed by atoms with E-state index in [2.05, 4.69) is 0 Å². The monoisotopic (exact) mass is 334 g/mol. The summed E-state index contributed by atoms with van der Waals surface area (Å²) in [4.78, 5) is 23.9. The van der Waals surface area contributed by atoms with Crippen molar-refractivity contribution in [2.75, 3.05) is 20.2 Å². The van der Waals surface area contributed by atoms with Gasteiger partial charge >= 0.3 is 11.9 Å². The van der Waals surface area contributed by atoms with Crippen molar-refractivity contribution in [1.82, 2.24) is 0 Å². The molecule has 1 aromatic carbocycles. The van der Waals surface area contributed by atoms with Gasteiger partial charge in [-0.15, -0.1) is 0 Å². The highest BCUT2D eigenvalue weighted by Crippen LogP contribution is 2.39.